The first-order valence-electron chi connectivity index (χ1n) is 5.62. The van der Waals surface area contributed by atoms with Gasteiger partial charge in [-0.3, -0.25) is 0 Å². The van der Waals surface area contributed by atoms with E-state index in [0.717, 1.165) is 18.0 Å². The van der Waals surface area contributed by atoms with E-state index in [1.807, 2.05) is 41.4 Å². The van der Waals surface area contributed by atoms with Crippen molar-refractivity contribution in [2.75, 3.05) is 11.9 Å². The van der Waals surface area contributed by atoms with Crippen LogP contribution >= 0.6 is 0 Å². The summed E-state index contributed by atoms with van der Waals surface area (Å²) in [5.74, 6) is 1.07. The molecule has 1 N–H and O–H groups in total. The second-order valence-electron chi connectivity index (χ2n) is 3.68. The van der Waals surface area contributed by atoms with Crippen molar-refractivity contribution in [3.05, 3.63) is 49.1 Å². The van der Waals surface area contributed by atoms with Gasteiger partial charge in [-0.15, -0.1) is 0 Å². The fourth-order valence-corrected chi connectivity index (χ4v) is 1.65. The first-order chi connectivity index (χ1) is 8.93. The SMILES string of the molecule is C1=Cn2nccc2NC1.c1cnc2ccnn2c1. The van der Waals surface area contributed by atoms with E-state index in [1.165, 1.54) is 0 Å². The molecule has 90 valence electrons. The summed E-state index contributed by atoms with van der Waals surface area (Å²) in [7, 11) is 0. The minimum atomic E-state index is 0.887. The molecule has 0 spiro atoms. The lowest BCUT2D eigenvalue weighted by Gasteiger charge is -2.07. The average molecular weight is 240 g/mol. The Bertz CT molecular complexity index is 636. The van der Waals surface area contributed by atoms with Crippen molar-refractivity contribution in [3.63, 3.8) is 0 Å². The Morgan fingerprint density at radius 1 is 1.11 bits per heavy atom. The Hall–Kier alpha value is -2.63. The highest BCUT2D eigenvalue weighted by molar-refractivity contribution is 5.46. The lowest BCUT2D eigenvalue weighted by molar-refractivity contribution is 0.917. The molecule has 1 aliphatic heterocycles. The molecule has 4 rings (SSSR count). The van der Waals surface area contributed by atoms with Gasteiger partial charge in [0, 0.05) is 37.3 Å². The Morgan fingerprint density at radius 2 is 2.06 bits per heavy atom. The molecule has 1 aliphatic rings. The molecule has 6 nitrogen and oxygen atoms in total. The minimum Gasteiger partial charge on any atom is -0.366 e. The van der Waals surface area contributed by atoms with E-state index in [0.29, 0.717) is 0 Å². The number of hydrogen-bond donors (Lipinski definition) is 1. The largest absolute Gasteiger partial charge is 0.366 e. The van der Waals surface area contributed by atoms with Gasteiger partial charge in [0.15, 0.2) is 5.65 Å². The summed E-state index contributed by atoms with van der Waals surface area (Å²) in [5, 5.41) is 11.2. The monoisotopic (exact) mass is 240 g/mol. The van der Waals surface area contributed by atoms with Gasteiger partial charge in [0.1, 0.15) is 5.82 Å². The van der Waals surface area contributed by atoms with Crippen LogP contribution in [0.15, 0.2) is 49.1 Å². The molecule has 4 heterocycles. The fourth-order valence-electron chi connectivity index (χ4n) is 1.65. The van der Waals surface area contributed by atoms with E-state index in [1.54, 1.807) is 23.1 Å². The fraction of sp³-hybridized carbons (Fsp3) is 0.0833. The van der Waals surface area contributed by atoms with Crippen LogP contribution in [0.25, 0.3) is 11.8 Å². The van der Waals surface area contributed by atoms with E-state index in [-0.39, 0.29) is 0 Å². The molecule has 3 aromatic rings. The zero-order chi connectivity index (χ0) is 12.2. The van der Waals surface area contributed by atoms with Gasteiger partial charge in [-0.25, -0.2) is 14.2 Å². The number of fused-ring (bicyclic) bond motifs is 2. The molecule has 0 aliphatic carbocycles. The number of aromatic nitrogens is 5. The summed E-state index contributed by atoms with van der Waals surface area (Å²) < 4.78 is 3.53. The van der Waals surface area contributed by atoms with Crippen LogP contribution in [0.2, 0.25) is 0 Å². The quantitative estimate of drug-likeness (QED) is 0.647. The van der Waals surface area contributed by atoms with Gasteiger partial charge in [0.05, 0.1) is 12.4 Å². The van der Waals surface area contributed by atoms with Crippen LogP contribution < -0.4 is 5.32 Å². The summed E-state index contributed by atoms with van der Waals surface area (Å²) in [6, 6.07) is 5.66. The highest BCUT2D eigenvalue weighted by Crippen LogP contribution is 2.08. The Morgan fingerprint density at radius 3 is 2.94 bits per heavy atom. The molecular formula is C12H12N6. The molecule has 0 bridgehead atoms. The summed E-state index contributed by atoms with van der Waals surface area (Å²) in [5.41, 5.74) is 0.887. The zero-order valence-corrected chi connectivity index (χ0v) is 9.64. The van der Waals surface area contributed by atoms with Crippen molar-refractivity contribution in [1.29, 1.82) is 0 Å². The smallest absolute Gasteiger partial charge is 0.154 e. The third-order valence-corrected chi connectivity index (χ3v) is 2.49. The summed E-state index contributed by atoms with van der Waals surface area (Å²) in [6.45, 7) is 0.908. The maximum atomic E-state index is 4.04. The van der Waals surface area contributed by atoms with Crippen molar-refractivity contribution in [2.45, 2.75) is 0 Å². The molecular weight excluding hydrogens is 228 g/mol. The number of rotatable bonds is 0. The summed E-state index contributed by atoms with van der Waals surface area (Å²) in [6.07, 6.45) is 11.1. The van der Waals surface area contributed by atoms with E-state index in [9.17, 15) is 0 Å². The van der Waals surface area contributed by atoms with Gasteiger partial charge in [-0.05, 0) is 12.1 Å². The van der Waals surface area contributed by atoms with Crippen molar-refractivity contribution in [3.8, 4) is 0 Å². The van der Waals surface area contributed by atoms with Crippen LogP contribution in [0.5, 0.6) is 0 Å². The molecule has 18 heavy (non-hydrogen) atoms. The highest BCUT2D eigenvalue weighted by Gasteiger charge is 1.99. The van der Waals surface area contributed by atoms with Crippen molar-refractivity contribution >= 4 is 17.7 Å². The molecule has 0 amide bonds. The van der Waals surface area contributed by atoms with Gasteiger partial charge in [-0.1, -0.05) is 0 Å². The predicted octanol–water partition coefficient (Wildman–Crippen LogP) is 1.51. The van der Waals surface area contributed by atoms with Gasteiger partial charge in [-0.2, -0.15) is 10.2 Å². The topological polar surface area (TPSA) is 60.0 Å². The predicted molar refractivity (Wildman–Crippen MR) is 69.0 cm³/mol. The van der Waals surface area contributed by atoms with Gasteiger partial charge in [0.25, 0.3) is 0 Å². The van der Waals surface area contributed by atoms with Crippen LogP contribution in [0, 0.1) is 0 Å². The lowest BCUT2D eigenvalue weighted by Crippen LogP contribution is -2.08. The Balaban J connectivity index is 0.000000111. The molecule has 0 aromatic carbocycles. The van der Waals surface area contributed by atoms with Crippen molar-refractivity contribution in [2.24, 2.45) is 0 Å². The minimum absolute atomic E-state index is 0.887. The maximum absolute atomic E-state index is 4.04. The standard InChI is InChI=1S/C6H7N3.C6H5N3/c2*1-3-7-6-2-4-8-9(6)5-1/h1-2,4-5,7H,3H2;1-5H. The number of hydrogen-bond acceptors (Lipinski definition) is 4. The van der Waals surface area contributed by atoms with Crippen LogP contribution in [-0.4, -0.2) is 30.9 Å². The molecule has 0 unspecified atom stereocenters. The third-order valence-electron chi connectivity index (χ3n) is 2.49. The van der Waals surface area contributed by atoms with E-state index >= 15 is 0 Å². The van der Waals surface area contributed by atoms with E-state index in [4.69, 9.17) is 0 Å². The lowest BCUT2D eigenvalue weighted by atomic mass is 10.5. The molecule has 6 heteroatoms. The second-order valence-corrected chi connectivity index (χ2v) is 3.68. The second kappa shape index (κ2) is 4.70. The number of nitrogens with zero attached hydrogens (tertiary/aromatic N) is 5. The maximum Gasteiger partial charge on any atom is 0.154 e. The average Bonchev–Trinajstić information content (AvgIpc) is 3.08. The first kappa shape index (κ1) is 10.5. The zero-order valence-electron chi connectivity index (χ0n) is 9.64. The molecule has 0 fully saturated rings. The van der Waals surface area contributed by atoms with Gasteiger partial charge < -0.3 is 5.32 Å². The molecule has 0 radical (unpaired) electrons. The van der Waals surface area contributed by atoms with E-state index < -0.39 is 0 Å². The van der Waals surface area contributed by atoms with Crippen molar-refractivity contribution < 1.29 is 0 Å². The molecule has 3 aromatic heterocycles. The van der Waals surface area contributed by atoms with Crippen molar-refractivity contribution in [1.82, 2.24) is 24.4 Å². The first-order valence-corrected chi connectivity index (χ1v) is 5.62. The third kappa shape index (κ3) is 2.08. The number of anilines is 1. The van der Waals surface area contributed by atoms with Crippen LogP contribution in [0.1, 0.15) is 0 Å². The van der Waals surface area contributed by atoms with Crippen LogP contribution in [0.4, 0.5) is 5.82 Å². The molecule has 0 saturated carbocycles. The molecule has 0 saturated heterocycles. The Kier molecular flexibility index (Phi) is 2.75. The van der Waals surface area contributed by atoms with Crippen LogP contribution in [-0.2, 0) is 0 Å². The Labute approximate surface area is 104 Å². The normalized spacial score (nSPS) is 12.4. The van der Waals surface area contributed by atoms with E-state index in [2.05, 4.69) is 20.5 Å². The van der Waals surface area contributed by atoms with Gasteiger partial charge >= 0.3 is 0 Å². The van der Waals surface area contributed by atoms with Crippen LogP contribution in [0.3, 0.4) is 0 Å². The number of nitrogens with one attached hydrogen (secondary N) is 1. The summed E-state index contributed by atoms with van der Waals surface area (Å²) in [4.78, 5) is 4.04. The van der Waals surface area contributed by atoms with Gasteiger partial charge in [0.2, 0.25) is 0 Å². The summed E-state index contributed by atoms with van der Waals surface area (Å²) >= 11 is 0. The highest BCUT2D eigenvalue weighted by atomic mass is 15.3. The molecule has 0 atom stereocenters.